The summed E-state index contributed by atoms with van der Waals surface area (Å²) in [6.45, 7) is 9.16. The lowest BCUT2D eigenvalue weighted by Gasteiger charge is -2.32. The molecule has 0 spiro atoms. The van der Waals surface area contributed by atoms with E-state index in [1.807, 2.05) is 26.8 Å². The van der Waals surface area contributed by atoms with E-state index in [1.165, 1.54) is 17.0 Å². The summed E-state index contributed by atoms with van der Waals surface area (Å²) < 4.78 is 28.9. The first-order chi connectivity index (χ1) is 18.8. The molecule has 0 bridgehead atoms. The van der Waals surface area contributed by atoms with Crippen molar-refractivity contribution in [2.24, 2.45) is 5.92 Å². The van der Waals surface area contributed by atoms with Gasteiger partial charge in [0.25, 0.3) is 10.0 Å². The maximum absolute atomic E-state index is 14.0. The minimum Gasteiger partial charge on any atom is -0.354 e. The quantitative estimate of drug-likeness (QED) is 0.291. The second-order valence-corrected chi connectivity index (χ2v) is 12.9. The average molecular weight is 605 g/mol. The van der Waals surface area contributed by atoms with Crippen LogP contribution in [0.2, 0.25) is 10.0 Å². The second kappa shape index (κ2) is 13.5. The summed E-state index contributed by atoms with van der Waals surface area (Å²) in [7, 11) is -4.13. The Labute approximate surface area is 247 Å². The smallest absolute Gasteiger partial charge is 0.264 e. The molecule has 0 aliphatic heterocycles. The Morgan fingerprint density at radius 1 is 0.925 bits per heavy atom. The van der Waals surface area contributed by atoms with Crippen LogP contribution in [-0.4, -0.2) is 44.3 Å². The summed E-state index contributed by atoms with van der Waals surface area (Å²) in [5, 5.41) is 3.64. The van der Waals surface area contributed by atoms with Gasteiger partial charge in [0, 0.05) is 23.1 Å². The SMILES string of the molecule is Cc1ccc(N(CC(=O)N(Cc2ccc(Cl)cc2Cl)[C@@H](C)C(=O)NCC(C)C)S(=O)(=O)c2ccccc2)c(C)c1. The van der Waals surface area contributed by atoms with Crippen molar-refractivity contribution in [1.82, 2.24) is 10.2 Å². The molecule has 0 heterocycles. The monoisotopic (exact) mass is 603 g/mol. The number of hydrogen-bond donors (Lipinski definition) is 1. The van der Waals surface area contributed by atoms with Crippen LogP contribution in [0.3, 0.4) is 0 Å². The highest BCUT2D eigenvalue weighted by Gasteiger charge is 2.33. The van der Waals surface area contributed by atoms with Crippen molar-refractivity contribution in [2.45, 2.75) is 52.1 Å². The molecule has 10 heteroatoms. The number of rotatable bonds is 11. The lowest BCUT2D eigenvalue weighted by Crippen LogP contribution is -2.51. The van der Waals surface area contributed by atoms with Crippen LogP contribution in [-0.2, 0) is 26.2 Å². The lowest BCUT2D eigenvalue weighted by molar-refractivity contribution is -0.139. The van der Waals surface area contributed by atoms with E-state index in [0.717, 1.165) is 9.87 Å². The van der Waals surface area contributed by atoms with Gasteiger partial charge >= 0.3 is 0 Å². The molecule has 0 aromatic heterocycles. The minimum atomic E-state index is -4.13. The van der Waals surface area contributed by atoms with Gasteiger partial charge in [-0.3, -0.25) is 13.9 Å². The number of carbonyl (C=O) groups excluding carboxylic acids is 2. The molecule has 0 radical (unpaired) electrons. The van der Waals surface area contributed by atoms with Gasteiger partial charge in [-0.25, -0.2) is 8.42 Å². The van der Waals surface area contributed by atoms with Crippen LogP contribution in [0.4, 0.5) is 5.69 Å². The van der Waals surface area contributed by atoms with E-state index in [4.69, 9.17) is 23.2 Å². The van der Waals surface area contributed by atoms with Crippen LogP contribution in [0.25, 0.3) is 0 Å². The van der Waals surface area contributed by atoms with Crippen LogP contribution >= 0.6 is 23.2 Å². The van der Waals surface area contributed by atoms with Crippen LogP contribution in [0, 0.1) is 19.8 Å². The molecular formula is C30H35Cl2N3O4S. The van der Waals surface area contributed by atoms with Crippen LogP contribution in [0.15, 0.2) is 71.6 Å². The molecule has 0 saturated heterocycles. The number of carbonyl (C=O) groups is 2. The topological polar surface area (TPSA) is 86.8 Å². The molecule has 0 fully saturated rings. The molecule has 7 nitrogen and oxygen atoms in total. The molecule has 1 atom stereocenters. The van der Waals surface area contributed by atoms with Crippen molar-refractivity contribution < 1.29 is 18.0 Å². The van der Waals surface area contributed by atoms with Crippen molar-refractivity contribution in [3.63, 3.8) is 0 Å². The summed E-state index contributed by atoms with van der Waals surface area (Å²) in [5.41, 5.74) is 2.61. The number of hydrogen-bond acceptors (Lipinski definition) is 4. The van der Waals surface area contributed by atoms with E-state index < -0.39 is 28.5 Å². The predicted molar refractivity (Wildman–Crippen MR) is 161 cm³/mol. The van der Waals surface area contributed by atoms with Crippen molar-refractivity contribution in [1.29, 1.82) is 0 Å². The van der Waals surface area contributed by atoms with Crippen LogP contribution in [0.5, 0.6) is 0 Å². The summed E-state index contributed by atoms with van der Waals surface area (Å²) >= 11 is 12.5. The first kappa shape index (κ1) is 31.5. The van der Waals surface area contributed by atoms with Crippen molar-refractivity contribution in [3.8, 4) is 0 Å². The summed E-state index contributed by atoms with van der Waals surface area (Å²) in [6.07, 6.45) is 0. The lowest BCUT2D eigenvalue weighted by atomic mass is 10.1. The first-order valence-corrected chi connectivity index (χ1v) is 15.2. The Morgan fingerprint density at radius 2 is 1.60 bits per heavy atom. The molecule has 0 unspecified atom stereocenters. The standard InChI is InChI=1S/C30H35Cl2N3O4S/c1-20(2)17-33-30(37)23(5)34(18-24-12-13-25(31)16-27(24)32)29(36)19-35(28-14-11-21(3)15-22(28)4)40(38,39)26-9-7-6-8-10-26/h6-16,20,23H,17-19H2,1-5H3,(H,33,37)/t23-/m0/s1. The number of nitrogens with one attached hydrogen (secondary N) is 1. The van der Waals surface area contributed by atoms with Crippen molar-refractivity contribution in [3.05, 3.63) is 93.5 Å². The van der Waals surface area contributed by atoms with Gasteiger partial charge in [-0.05, 0) is 68.1 Å². The highest BCUT2D eigenvalue weighted by Crippen LogP contribution is 2.29. The molecule has 3 aromatic rings. The number of benzene rings is 3. The largest absolute Gasteiger partial charge is 0.354 e. The van der Waals surface area contributed by atoms with Crippen LogP contribution in [0.1, 0.15) is 37.5 Å². The maximum Gasteiger partial charge on any atom is 0.264 e. The van der Waals surface area contributed by atoms with Gasteiger partial charge in [0.1, 0.15) is 12.6 Å². The van der Waals surface area contributed by atoms with E-state index in [2.05, 4.69) is 5.32 Å². The maximum atomic E-state index is 14.0. The highest BCUT2D eigenvalue weighted by atomic mass is 35.5. The summed E-state index contributed by atoms with van der Waals surface area (Å²) in [5.74, 6) is -0.698. The van der Waals surface area contributed by atoms with E-state index in [-0.39, 0.29) is 23.3 Å². The summed E-state index contributed by atoms with van der Waals surface area (Å²) in [6, 6.07) is 17.3. The number of aryl methyl sites for hydroxylation is 2. The molecular weight excluding hydrogens is 569 g/mol. The second-order valence-electron chi connectivity index (χ2n) is 10.2. The predicted octanol–water partition coefficient (Wildman–Crippen LogP) is 6.00. The Morgan fingerprint density at radius 3 is 2.20 bits per heavy atom. The normalized spacial score (nSPS) is 12.2. The molecule has 1 N–H and O–H groups in total. The van der Waals surface area contributed by atoms with E-state index in [9.17, 15) is 18.0 Å². The van der Waals surface area contributed by atoms with E-state index >= 15 is 0 Å². The number of anilines is 1. The highest BCUT2D eigenvalue weighted by molar-refractivity contribution is 7.92. The Bertz CT molecular complexity index is 1460. The van der Waals surface area contributed by atoms with Crippen molar-refractivity contribution >= 4 is 50.7 Å². The van der Waals surface area contributed by atoms with Gasteiger partial charge in [0.15, 0.2) is 0 Å². The fourth-order valence-corrected chi connectivity index (χ4v) is 6.15. The fourth-order valence-electron chi connectivity index (χ4n) is 4.19. The third kappa shape index (κ3) is 7.77. The fraction of sp³-hybridized carbons (Fsp3) is 0.333. The van der Waals surface area contributed by atoms with Crippen LogP contribution < -0.4 is 9.62 Å². The zero-order chi connectivity index (χ0) is 29.6. The molecule has 0 saturated carbocycles. The van der Waals surface area contributed by atoms with Gasteiger partial charge in [0.2, 0.25) is 11.8 Å². The van der Waals surface area contributed by atoms with Gasteiger partial charge in [0.05, 0.1) is 10.6 Å². The third-order valence-corrected chi connectivity index (χ3v) is 8.80. The van der Waals surface area contributed by atoms with E-state index in [1.54, 1.807) is 62.4 Å². The zero-order valence-electron chi connectivity index (χ0n) is 23.3. The molecule has 0 aliphatic carbocycles. The molecule has 3 aromatic carbocycles. The summed E-state index contributed by atoms with van der Waals surface area (Å²) in [4.78, 5) is 28.5. The molecule has 3 rings (SSSR count). The van der Waals surface area contributed by atoms with E-state index in [0.29, 0.717) is 33.4 Å². The zero-order valence-corrected chi connectivity index (χ0v) is 25.6. The third-order valence-electron chi connectivity index (χ3n) is 6.44. The Kier molecular flexibility index (Phi) is 10.6. The average Bonchev–Trinajstić information content (AvgIpc) is 2.90. The Balaban J connectivity index is 2.06. The number of nitrogens with zero attached hydrogens (tertiary/aromatic N) is 2. The van der Waals surface area contributed by atoms with Gasteiger partial charge in [-0.2, -0.15) is 0 Å². The number of sulfonamides is 1. The molecule has 0 aliphatic rings. The number of halogens is 2. The Hall–Kier alpha value is -3.07. The molecule has 2 amide bonds. The van der Waals surface area contributed by atoms with Gasteiger partial charge in [-0.15, -0.1) is 0 Å². The minimum absolute atomic E-state index is 0.0167. The molecule has 214 valence electrons. The van der Waals surface area contributed by atoms with Crippen molar-refractivity contribution in [2.75, 3.05) is 17.4 Å². The first-order valence-electron chi connectivity index (χ1n) is 13.0. The number of amides is 2. The molecule has 40 heavy (non-hydrogen) atoms. The van der Waals surface area contributed by atoms with Gasteiger partial charge in [-0.1, -0.05) is 79.0 Å². The van der Waals surface area contributed by atoms with Gasteiger partial charge < -0.3 is 10.2 Å².